The van der Waals surface area contributed by atoms with Crippen LogP contribution in [0.25, 0.3) is 10.9 Å². The number of hydrogen-bond donors (Lipinski definition) is 3. The number of benzene rings is 1. The van der Waals surface area contributed by atoms with Gasteiger partial charge in [-0.25, -0.2) is 0 Å². The van der Waals surface area contributed by atoms with E-state index < -0.39 is 0 Å². The van der Waals surface area contributed by atoms with Gasteiger partial charge in [-0.05, 0) is 38.7 Å². The van der Waals surface area contributed by atoms with Crippen LogP contribution in [0.2, 0.25) is 0 Å². The summed E-state index contributed by atoms with van der Waals surface area (Å²) in [5.74, 6) is 0.0529. The number of guanidine groups is 1. The molecule has 0 atom stereocenters. The average Bonchev–Trinajstić information content (AvgIpc) is 2.93. The molecule has 0 spiro atoms. The van der Waals surface area contributed by atoms with Crippen LogP contribution in [0.3, 0.4) is 0 Å². The third-order valence-corrected chi connectivity index (χ3v) is 3.67. The van der Waals surface area contributed by atoms with Crippen molar-refractivity contribution in [1.29, 1.82) is 5.41 Å². The monoisotopic (exact) mass is 389 g/mol. The highest BCUT2D eigenvalue weighted by molar-refractivity contribution is 6.06. The van der Waals surface area contributed by atoms with E-state index in [1.54, 1.807) is 6.07 Å². The van der Waals surface area contributed by atoms with E-state index in [1.165, 1.54) is 7.05 Å². The molecule has 7 nitrogen and oxygen atoms in total. The number of H-pyrrole nitrogens is 1. The van der Waals surface area contributed by atoms with Crippen LogP contribution in [0.4, 0.5) is 0 Å². The first kappa shape index (κ1) is 23.0. The molecule has 1 aromatic heterocycles. The van der Waals surface area contributed by atoms with Gasteiger partial charge in [-0.1, -0.05) is 6.07 Å². The largest absolute Gasteiger partial charge is 0.490 e. The fourth-order valence-corrected chi connectivity index (χ4v) is 2.20. The van der Waals surface area contributed by atoms with Gasteiger partial charge < -0.3 is 20.4 Å². The number of nitrogens with zero attached hydrogens (tertiary/aromatic N) is 2. The fraction of sp³-hybridized carbons (Fsp3) is 0.375. The van der Waals surface area contributed by atoms with Crippen LogP contribution in [0.5, 0.6) is 5.75 Å². The summed E-state index contributed by atoms with van der Waals surface area (Å²) < 4.78 is 5.82. The Morgan fingerprint density at radius 1 is 1.28 bits per heavy atom. The molecule has 1 heterocycles. The maximum atomic E-state index is 12.3. The number of aromatic nitrogens is 1. The predicted octanol–water partition coefficient (Wildman–Crippen LogP) is 2.23. The van der Waals surface area contributed by atoms with Gasteiger partial charge in [0, 0.05) is 19.0 Å². The Kier molecular flexibility index (Phi) is 8.76. The first-order valence-electron chi connectivity index (χ1n) is 7.33. The topological polar surface area (TPSA) is 98.4 Å². The second kappa shape index (κ2) is 9.50. The number of halogens is 2. The zero-order chi connectivity index (χ0) is 17.1. The normalized spacial score (nSPS) is 10.1. The number of fused-ring (bicyclic) bond motifs is 1. The lowest BCUT2D eigenvalue weighted by Gasteiger charge is -2.13. The van der Waals surface area contributed by atoms with E-state index >= 15 is 0 Å². The maximum absolute atomic E-state index is 12.3. The first-order chi connectivity index (χ1) is 10.8. The SMILES string of the molecule is Cc1ccc(OCCN(C)C)c2[nH]c(C(=O)N(C)C(=N)N)cc12.Cl.Cl. The summed E-state index contributed by atoms with van der Waals surface area (Å²) in [4.78, 5) is 18.5. The minimum absolute atomic E-state index is 0. The average molecular weight is 390 g/mol. The Bertz CT molecular complexity index is 745. The summed E-state index contributed by atoms with van der Waals surface area (Å²) >= 11 is 0. The maximum Gasteiger partial charge on any atom is 0.276 e. The predicted molar refractivity (Wildman–Crippen MR) is 106 cm³/mol. The Balaban J connectivity index is 0.00000288. The number of likely N-dealkylation sites (N-methyl/N-ethyl adjacent to an activating group) is 1. The molecular weight excluding hydrogens is 365 g/mol. The van der Waals surface area contributed by atoms with Crippen LogP contribution < -0.4 is 10.5 Å². The summed E-state index contributed by atoms with van der Waals surface area (Å²) in [5, 5.41) is 8.29. The molecule has 4 N–H and O–H groups in total. The van der Waals surface area contributed by atoms with Gasteiger partial charge in [-0.2, -0.15) is 0 Å². The lowest BCUT2D eigenvalue weighted by molar-refractivity contribution is 0.0864. The molecule has 0 fully saturated rings. The van der Waals surface area contributed by atoms with Gasteiger partial charge in [0.1, 0.15) is 18.1 Å². The molecule has 0 bridgehead atoms. The quantitative estimate of drug-likeness (QED) is 0.539. The van der Waals surface area contributed by atoms with Gasteiger partial charge in [0.05, 0.1) is 5.52 Å². The van der Waals surface area contributed by atoms with Gasteiger partial charge in [0.15, 0.2) is 5.96 Å². The molecule has 9 heteroatoms. The molecule has 0 saturated heterocycles. The third kappa shape index (κ3) is 5.26. The van der Waals surface area contributed by atoms with Crippen molar-refractivity contribution in [1.82, 2.24) is 14.8 Å². The summed E-state index contributed by atoms with van der Waals surface area (Å²) in [6.07, 6.45) is 0. The molecule has 0 saturated carbocycles. The van der Waals surface area contributed by atoms with Crippen molar-refractivity contribution in [2.45, 2.75) is 6.92 Å². The van der Waals surface area contributed by atoms with E-state index in [0.29, 0.717) is 18.1 Å². The number of carbonyl (C=O) groups excluding carboxylic acids is 1. The van der Waals surface area contributed by atoms with Crippen molar-refractivity contribution >= 4 is 47.6 Å². The number of nitrogens with one attached hydrogen (secondary N) is 2. The van der Waals surface area contributed by atoms with Gasteiger partial charge in [0.25, 0.3) is 5.91 Å². The van der Waals surface area contributed by atoms with Gasteiger partial charge in [-0.15, -0.1) is 24.8 Å². The number of hydrogen-bond acceptors (Lipinski definition) is 4. The van der Waals surface area contributed by atoms with Crippen LogP contribution >= 0.6 is 24.8 Å². The lowest BCUT2D eigenvalue weighted by Crippen LogP contribution is -2.38. The van der Waals surface area contributed by atoms with Crippen molar-refractivity contribution in [3.05, 3.63) is 29.5 Å². The van der Waals surface area contributed by atoms with Crippen LogP contribution in [0.15, 0.2) is 18.2 Å². The van der Waals surface area contributed by atoms with Crippen molar-refractivity contribution in [2.75, 3.05) is 34.3 Å². The number of amides is 1. The molecular formula is C16H25Cl2N5O2. The number of aromatic amines is 1. The first-order valence-corrected chi connectivity index (χ1v) is 7.33. The Morgan fingerprint density at radius 2 is 1.92 bits per heavy atom. The molecule has 0 aliphatic rings. The zero-order valence-corrected chi connectivity index (χ0v) is 16.4. The minimum atomic E-state index is -0.354. The van der Waals surface area contributed by atoms with Crippen molar-refractivity contribution in [3.63, 3.8) is 0 Å². The molecule has 140 valence electrons. The molecule has 0 aliphatic heterocycles. The highest BCUT2D eigenvalue weighted by Gasteiger charge is 2.18. The highest BCUT2D eigenvalue weighted by Crippen LogP contribution is 2.29. The molecule has 1 amide bonds. The van der Waals surface area contributed by atoms with Crippen LogP contribution in [0, 0.1) is 12.3 Å². The number of ether oxygens (including phenoxy) is 1. The van der Waals surface area contributed by atoms with Crippen LogP contribution in [-0.4, -0.2) is 60.9 Å². The Hall–Kier alpha value is -1.96. The van der Waals surface area contributed by atoms with Gasteiger partial charge >= 0.3 is 0 Å². The Labute approximate surface area is 159 Å². The van der Waals surface area contributed by atoms with E-state index in [1.807, 2.05) is 38.1 Å². The number of aryl methyl sites for hydroxylation is 1. The standard InChI is InChI=1S/C16H23N5O2.2ClH/c1-10-5-6-13(23-8-7-20(2)3)14-11(10)9-12(19-14)15(22)21(4)16(17)18;;/h5-6,9,19H,7-8H2,1-4H3,(H3,17,18);2*1H. The number of nitrogens with two attached hydrogens (primary N) is 1. The van der Waals surface area contributed by atoms with E-state index in [9.17, 15) is 4.79 Å². The number of carbonyl (C=O) groups is 1. The van der Waals surface area contributed by atoms with Crippen LogP contribution in [0.1, 0.15) is 16.1 Å². The molecule has 2 rings (SSSR count). The van der Waals surface area contributed by atoms with Crippen molar-refractivity contribution in [2.24, 2.45) is 5.73 Å². The zero-order valence-electron chi connectivity index (χ0n) is 14.8. The molecule has 0 aliphatic carbocycles. The minimum Gasteiger partial charge on any atom is -0.490 e. The smallest absolute Gasteiger partial charge is 0.276 e. The van der Waals surface area contributed by atoms with Crippen molar-refractivity contribution in [3.8, 4) is 5.75 Å². The molecule has 0 unspecified atom stereocenters. The van der Waals surface area contributed by atoms with Gasteiger partial charge in [-0.3, -0.25) is 15.1 Å². The second-order valence-electron chi connectivity index (χ2n) is 5.75. The summed E-state index contributed by atoms with van der Waals surface area (Å²) in [7, 11) is 5.44. The summed E-state index contributed by atoms with van der Waals surface area (Å²) in [6.45, 7) is 3.33. The van der Waals surface area contributed by atoms with E-state index in [4.69, 9.17) is 15.9 Å². The van der Waals surface area contributed by atoms with Crippen molar-refractivity contribution < 1.29 is 9.53 Å². The van der Waals surface area contributed by atoms with E-state index in [2.05, 4.69) is 4.98 Å². The fourth-order valence-electron chi connectivity index (χ4n) is 2.20. The van der Waals surface area contributed by atoms with Crippen LogP contribution in [-0.2, 0) is 0 Å². The third-order valence-electron chi connectivity index (χ3n) is 3.67. The van der Waals surface area contributed by atoms with E-state index in [0.717, 1.165) is 27.9 Å². The van der Waals surface area contributed by atoms with E-state index in [-0.39, 0.29) is 36.7 Å². The summed E-state index contributed by atoms with van der Waals surface area (Å²) in [6, 6.07) is 5.63. The molecule has 1 aromatic carbocycles. The second-order valence-corrected chi connectivity index (χ2v) is 5.75. The number of rotatable bonds is 5. The summed E-state index contributed by atoms with van der Waals surface area (Å²) in [5.41, 5.74) is 7.57. The highest BCUT2D eigenvalue weighted by atomic mass is 35.5. The lowest BCUT2D eigenvalue weighted by atomic mass is 10.1. The Morgan fingerprint density at radius 3 is 2.48 bits per heavy atom. The molecule has 2 aromatic rings. The van der Waals surface area contributed by atoms with Gasteiger partial charge in [0.2, 0.25) is 0 Å². The molecule has 25 heavy (non-hydrogen) atoms. The molecule has 0 radical (unpaired) electrons.